The maximum Gasteiger partial charge on any atom is 0.363 e. The Morgan fingerprint density at radius 3 is 2.82 bits per heavy atom. The molecule has 0 spiro atoms. The van der Waals surface area contributed by atoms with E-state index in [-0.39, 0.29) is 5.97 Å². The van der Waals surface area contributed by atoms with Gasteiger partial charge in [-0.25, -0.2) is 9.79 Å². The number of carbonyl (C=O) groups excluding carboxylic acids is 1. The summed E-state index contributed by atoms with van der Waals surface area (Å²) in [5.41, 5.74) is 2.43. The molecular formula is C18H21NO3. The largest absolute Gasteiger partial charge is 0.496 e. The Hall–Kier alpha value is -2.10. The predicted molar refractivity (Wildman–Crippen MR) is 85.8 cm³/mol. The lowest BCUT2D eigenvalue weighted by Crippen LogP contribution is -2.12. The highest BCUT2D eigenvalue weighted by molar-refractivity contribution is 6.08. The Morgan fingerprint density at radius 1 is 1.36 bits per heavy atom. The standard InChI is InChI=1S/C18H21NO3/c1-3-12-8-9-16(21-2)14(10-12)11-15-18(20)22-17(19-15)13-6-4-5-7-13/h8-11,13H,3-7H2,1-2H3/b15-11+. The number of carbonyl (C=O) groups is 1. The number of cyclic esters (lactones) is 1. The smallest absolute Gasteiger partial charge is 0.363 e. The van der Waals surface area contributed by atoms with Gasteiger partial charge in [-0.2, -0.15) is 0 Å². The van der Waals surface area contributed by atoms with Gasteiger partial charge < -0.3 is 9.47 Å². The van der Waals surface area contributed by atoms with Crippen LogP contribution in [-0.4, -0.2) is 19.0 Å². The number of aliphatic imine (C=N–C) groups is 1. The van der Waals surface area contributed by atoms with Gasteiger partial charge >= 0.3 is 5.97 Å². The van der Waals surface area contributed by atoms with Crippen molar-refractivity contribution in [3.8, 4) is 5.75 Å². The van der Waals surface area contributed by atoms with Gasteiger partial charge in [0.05, 0.1) is 7.11 Å². The molecule has 1 aromatic carbocycles. The number of aryl methyl sites for hydroxylation is 1. The Bertz CT molecular complexity index is 640. The number of nitrogens with zero attached hydrogens (tertiary/aromatic N) is 1. The zero-order valence-electron chi connectivity index (χ0n) is 13.1. The second-order valence-corrected chi connectivity index (χ2v) is 5.78. The molecule has 1 saturated carbocycles. The SMILES string of the molecule is CCc1ccc(OC)c(/C=C2/N=C(C3CCCC3)OC2=O)c1. The average Bonchev–Trinajstić information content (AvgIpc) is 3.17. The second kappa shape index (κ2) is 6.34. The Balaban J connectivity index is 1.92. The van der Waals surface area contributed by atoms with Crippen molar-refractivity contribution in [2.45, 2.75) is 39.0 Å². The number of hydrogen-bond donors (Lipinski definition) is 0. The maximum absolute atomic E-state index is 12.1. The average molecular weight is 299 g/mol. The lowest BCUT2D eigenvalue weighted by atomic mass is 10.1. The summed E-state index contributed by atoms with van der Waals surface area (Å²) in [6.45, 7) is 2.10. The normalized spacial score (nSPS) is 20.4. The van der Waals surface area contributed by atoms with Crippen LogP contribution in [-0.2, 0) is 16.0 Å². The van der Waals surface area contributed by atoms with Crippen LogP contribution in [0.3, 0.4) is 0 Å². The first-order valence-electron chi connectivity index (χ1n) is 7.90. The Kier molecular flexibility index (Phi) is 4.27. The van der Waals surface area contributed by atoms with Crippen LogP contribution in [0, 0.1) is 5.92 Å². The summed E-state index contributed by atoms with van der Waals surface area (Å²) in [4.78, 5) is 16.5. The molecule has 1 aliphatic heterocycles. The fourth-order valence-corrected chi connectivity index (χ4v) is 3.04. The molecule has 0 atom stereocenters. The van der Waals surface area contributed by atoms with E-state index in [4.69, 9.17) is 9.47 Å². The molecule has 0 aromatic heterocycles. The summed E-state index contributed by atoms with van der Waals surface area (Å²) < 4.78 is 10.7. The van der Waals surface area contributed by atoms with Crippen molar-refractivity contribution in [3.05, 3.63) is 35.0 Å². The summed E-state index contributed by atoms with van der Waals surface area (Å²) in [6, 6.07) is 5.98. The molecule has 1 aromatic rings. The van der Waals surface area contributed by atoms with Crippen LogP contribution in [0.25, 0.3) is 6.08 Å². The molecule has 4 heteroatoms. The molecule has 0 amide bonds. The zero-order chi connectivity index (χ0) is 15.5. The van der Waals surface area contributed by atoms with E-state index in [0.717, 1.165) is 30.6 Å². The minimum absolute atomic E-state index is 0.304. The van der Waals surface area contributed by atoms with Crippen LogP contribution in [0.1, 0.15) is 43.7 Å². The van der Waals surface area contributed by atoms with E-state index in [0.29, 0.717) is 17.5 Å². The van der Waals surface area contributed by atoms with Crippen LogP contribution in [0.5, 0.6) is 5.75 Å². The minimum Gasteiger partial charge on any atom is -0.496 e. The van der Waals surface area contributed by atoms with Gasteiger partial charge in [-0.3, -0.25) is 0 Å². The van der Waals surface area contributed by atoms with Crippen molar-refractivity contribution in [2.24, 2.45) is 10.9 Å². The maximum atomic E-state index is 12.1. The summed E-state index contributed by atoms with van der Waals surface area (Å²) in [5, 5.41) is 0. The first-order chi connectivity index (χ1) is 10.7. The first kappa shape index (κ1) is 14.8. The van der Waals surface area contributed by atoms with Gasteiger partial charge in [0.15, 0.2) is 5.70 Å². The van der Waals surface area contributed by atoms with Gasteiger partial charge in [-0.05, 0) is 43.0 Å². The molecule has 0 unspecified atom stereocenters. The number of hydrogen-bond acceptors (Lipinski definition) is 4. The Morgan fingerprint density at radius 2 is 2.14 bits per heavy atom. The third kappa shape index (κ3) is 2.91. The molecule has 0 radical (unpaired) electrons. The number of ether oxygens (including phenoxy) is 2. The fraction of sp³-hybridized carbons (Fsp3) is 0.444. The van der Waals surface area contributed by atoms with Gasteiger partial charge in [0.25, 0.3) is 0 Å². The highest BCUT2D eigenvalue weighted by Gasteiger charge is 2.31. The van der Waals surface area contributed by atoms with Gasteiger partial charge in [-0.15, -0.1) is 0 Å². The molecule has 0 saturated heterocycles. The van der Waals surface area contributed by atoms with Gasteiger partial charge in [0.2, 0.25) is 5.90 Å². The zero-order valence-corrected chi connectivity index (χ0v) is 13.1. The molecule has 3 rings (SSSR count). The second-order valence-electron chi connectivity index (χ2n) is 5.78. The topological polar surface area (TPSA) is 47.9 Å². The number of benzene rings is 1. The van der Waals surface area contributed by atoms with Crippen LogP contribution >= 0.6 is 0 Å². The van der Waals surface area contributed by atoms with Crippen molar-refractivity contribution in [2.75, 3.05) is 7.11 Å². The molecular weight excluding hydrogens is 278 g/mol. The van der Waals surface area contributed by atoms with Gasteiger partial charge in [-0.1, -0.05) is 25.8 Å². The summed E-state index contributed by atoms with van der Waals surface area (Å²) in [7, 11) is 1.63. The molecule has 22 heavy (non-hydrogen) atoms. The minimum atomic E-state index is -0.356. The number of methoxy groups -OCH3 is 1. The van der Waals surface area contributed by atoms with E-state index in [1.165, 1.54) is 18.4 Å². The number of rotatable bonds is 4. The third-order valence-corrected chi connectivity index (χ3v) is 4.34. The van der Waals surface area contributed by atoms with E-state index >= 15 is 0 Å². The van der Waals surface area contributed by atoms with Crippen LogP contribution in [0.15, 0.2) is 28.9 Å². The lowest BCUT2D eigenvalue weighted by Gasteiger charge is -2.06. The highest BCUT2D eigenvalue weighted by atomic mass is 16.6. The third-order valence-electron chi connectivity index (χ3n) is 4.34. The van der Waals surface area contributed by atoms with Crippen LogP contribution in [0.2, 0.25) is 0 Å². The molecule has 0 N–H and O–H groups in total. The quantitative estimate of drug-likeness (QED) is 0.628. The van der Waals surface area contributed by atoms with Crippen molar-refractivity contribution < 1.29 is 14.3 Å². The Labute approximate surface area is 130 Å². The van der Waals surface area contributed by atoms with Crippen LogP contribution < -0.4 is 4.74 Å². The monoisotopic (exact) mass is 299 g/mol. The van der Waals surface area contributed by atoms with E-state index < -0.39 is 0 Å². The van der Waals surface area contributed by atoms with Gasteiger partial charge in [0.1, 0.15) is 5.75 Å². The molecule has 4 nitrogen and oxygen atoms in total. The highest BCUT2D eigenvalue weighted by Crippen LogP contribution is 2.31. The summed E-state index contributed by atoms with van der Waals surface area (Å²) in [5.74, 6) is 1.28. The molecule has 116 valence electrons. The molecule has 1 fully saturated rings. The van der Waals surface area contributed by atoms with Crippen molar-refractivity contribution >= 4 is 17.9 Å². The number of esters is 1. The molecule has 1 aliphatic carbocycles. The summed E-state index contributed by atoms with van der Waals surface area (Å²) in [6.07, 6.45) is 7.20. The fourth-order valence-electron chi connectivity index (χ4n) is 3.04. The molecule has 1 heterocycles. The lowest BCUT2D eigenvalue weighted by molar-refractivity contribution is -0.130. The van der Waals surface area contributed by atoms with E-state index in [1.807, 2.05) is 18.2 Å². The molecule has 2 aliphatic rings. The van der Waals surface area contributed by atoms with Crippen molar-refractivity contribution in [1.29, 1.82) is 0 Å². The van der Waals surface area contributed by atoms with Crippen molar-refractivity contribution in [1.82, 2.24) is 0 Å². The summed E-state index contributed by atoms with van der Waals surface area (Å²) >= 11 is 0. The first-order valence-corrected chi connectivity index (χ1v) is 7.90. The predicted octanol–water partition coefficient (Wildman–Crippen LogP) is 3.74. The molecule has 0 bridgehead atoms. The van der Waals surface area contributed by atoms with Crippen LogP contribution in [0.4, 0.5) is 0 Å². The van der Waals surface area contributed by atoms with Crippen molar-refractivity contribution in [3.63, 3.8) is 0 Å². The van der Waals surface area contributed by atoms with E-state index in [1.54, 1.807) is 13.2 Å². The van der Waals surface area contributed by atoms with E-state index in [9.17, 15) is 4.79 Å². The van der Waals surface area contributed by atoms with E-state index in [2.05, 4.69) is 11.9 Å². The van der Waals surface area contributed by atoms with Gasteiger partial charge in [0, 0.05) is 11.5 Å².